The van der Waals surface area contributed by atoms with Crippen LogP contribution in [0.3, 0.4) is 0 Å². The van der Waals surface area contributed by atoms with Crippen molar-refractivity contribution in [3.05, 3.63) is 34.3 Å². The van der Waals surface area contributed by atoms with E-state index in [0.29, 0.717) is 5.56 Å². The van der Waals surface area contributed by atoms with E-state index in [1.165, 1.54) is 13.2 Å². The summed E-state index contributed by atoms with van der Waals surface area (Å²) in [6.07, 6.45) is 0. The normalized spacial score (nSPS) is 12.3. The Hall–Kier alpha value is -1.10. The fraction of sp³-hybridized carbons (Fsp3) is 0.300. The van der Waals surface area contributed by atoms with E-state index < -0.39 is 12.0 Å². The van der Waals surface area contributed by atoms with Crippen LogP contribution in [0.1, 0.15) is 22.0 Å². The van der Waals surface area contributed by atoms with Crippen LogP contribution >= 0.6 is 11.6 Å². The van der Waals surface area contributed by atoms with Gasteiger partial charge in [-0.25, -0.2) is 4.79 Å². The summed E-state index contributed by atoms with van der Waals surface area (Å²) in [4.78, 5) is 11.2. The van der Waals surface area contributed by atoms with Gasteiger partial charge in [0.15, 0.2) is 0 Å². The molecule has 0 unspecified atom stereocenters. The van der Waals surface area contributed by atoms with Crippen LogP contribution in [-0.2, 0) is 4.74 Å². The molecular formula is C10H12ClNO3. The molecule has 1 atom stereocenters. The van der Waals surface area contributed by atoms with Gasteiger partial charge in [-0.3, -0.25) is 0 Å². The van der Waals surface area contributed by atoms with E-state index in [1.54, 1.807) is 12.1 Å². The molecule has 0 aromatic heterocycles. The number of aliphatic hydroxyl groups is 1. The lowest BCUT2D eigenvalue weighted by molar-refractivity contribution is 0.0601. The van der Waals surface area contributed by atoms with Crippen molar-refractivity contribution in [2.24, 2.45) is 5.73 Å². The van der Waals surface area contributed by atoms with Gasteiger partial charge in [-0.2, -0.15) is 0 Å². The maximum atomic E-state index is 11.2. The fourth-order valence-electron chi connectivity index (χ4n) is 1.14. The first-order chi connectivity index (χ1) is 7.10. The van der Waals surface area contributed by atoms with E-state index in [1.807, 2.05) is 0 Å². The number of rotatable bonds is 3. The molecule has 0 radical (unpaired) electrons. The van der Waals surface area contributed by atoms with Crippen molar-refractivity contribution < 1.29 is 14.6 Å². The molecule has 0 aliphatic carbocycles. The Balaban J connectivity index is 3.03. The Morgan fingerprint density at radius 1 is 1.67 bits per heavy atom. The quantitative estimate of drug-likeness (QED) is 0.762. The molecule has 0 amide bonds. The number of aliphatic hydroxyl groups excluding tert-OH is 1. The van der Waals surface area contributed by atoms with Gasteiger partial charge in [-0.05, 0) is 17.7 Å². The molecule has 5 heteroatoms. The molecule has 0 saturated heterocycles. The smallest absolute Gasteiger partial charge is 0.339 e. The first kappa shape index (κ1) is 12.0. The van der Waals surface area contributed by atoms with Gasteiger partial charge in [0.1, 0.15) is 0 Å². The Bertz CT molecular complexity index is 368. The Labute approximate surface area is 92.6 Å². The van der Waals surface area contributed by atoms with Gasteiger partial charge in [0, 0.05) is 0 Å². The fourth-order valence-corrected chi connectivity index (χ4v) is 1.41. The maximum absolute atomic E-state index is 11.2. The second-order valence-corrected chi connectivity index (χ2v) is 3.43. The summed E-state index contributed by atoms with van der Waals surface area (Å²) in [6.45, 7) is -0.173. The number of halogens is 1. The summed E-state index contributed by atoms with van der Waals surface area (Å²) in [7, 11) is 1.28. The molecule has 0 aliphatic heterocycles. The van der Waals surface area contributed by atoms with Crippen molar-refractivity contribution in [3.63, 3.8) is 0 Å². The van der Waals surface area contributed by atoms with Gasteiger partial charge in [-0.1, -0.05) is 17.7 Å². The van der Waals surface area contributed by atoms with Gasteiger partial charge < -0.3 is 15.6 Å². The molecule has 0 saturated carbocycles. The number of benzene rings is 1. The predicted molar refractivity (Wildman–Crippen MR) is 56.8 cm³/mol. The summed E-state index contributed by atoms with van der Waals surface area (Å²) in [5, 5.41) is 9.11. The van der Waals surface area contributed by atoms with Gasteiger partial charge in [0.2, 0.25) is 0 Å². The van der Waals surface area contributed by atoms with Crippen molar-refractivity contribution in [1.82, 2.24) is 0 Å². The zero-order valence-corrected chi connectivity index (χ0v) is 8.99. The predicted octanol–water partition coefficient (Wildman–Crippen LogP) is 1.12. The van der Waals surface area contributed by atoms with Crippen molar-refractivity contribution in [3.8, 4) is 0 Å². The van der Waals surface area contributed by atoms with Crippen molar-refractivity contribution in [2.75, 3.05) is 13.7 Å². The van der Waals surface area contributed by atoms with E-state index in [4.69, 9.17) is 22.4 Å². The van der Waals surface area contributed by atoms with Gasteiger partial charge in [-0.15, -0.1) is 0 Å². The number of esters is 1. The third-order valence-corrected chi connectivity index (χ3v) is 2.34. The largest absolute Gasteiger partial charge is 0.465 e. The van der Waals surface area contributed by atoms with Gasteiger partial charge >= 0.3 is 5.97 Å². The highest BCUT2D eigenvalue weighted by Crippen LogP contribution is 2.21. The van der Waals surface area contributed by atoms with Crippen LogP contribution in [0.25, 0.3) is 0 Å². The number of hydrogen-bond donors (Lipinski definition) is 2. The number of hydrogen-bond acceptors (Lipinski definition) is 4. The van der Waals surface area contributed by atoms with E-state index in [2.05, 4.69) is 4.74 Å². The van der Waals surface area contributed by atoms with E-state index in [0.717, 1.165) is 0 Å². The van der Waals surface area contributed by atoms with Crippen molar-refractivity contribution in [2.45, 2.75) is 6.04 Å². The number of methoxy groups -OCH3 is 1. The summed E-state index contributed by atoms with van der Waals surface area (Å²) in [5.74, 6) is -0.496. The minimum absolute atomic E-state index is 0.173. The highest BCUT2D eigenvalue weighted by molar-refractivity contribution is 6.33. The zero-order valence-electron chi connectivity index (χ0n) is 8.24. The van der Waals surface area contributed by atoms with Crippen LogP contribution < -0.4 is 5.73 Å². The third kappa shape index (κ3) is 2.68. The summed E-state index contributed by atoms with van der Waals surface area (Å²) >= 11 is 5.87. The lowest BCUT2D eigenvalue weighted by Gasteiger charge is -2.10. The molecule has 0 spiro atoms. The molecule has 0 bridgehead atoms. The summed E-state index contributed by atoms with van der Waals surface area (Å²) in [6, 6.07) is 4.22. The second kappa shape index (κ2) is 5.11. The maximum Gasteiger partial charge on any atom is 0.339 e. The third-order valence-electron chi connectivity index (χ3n) is 2.02. The number of carbonyl (C=O) groups is 1. The van der Waals surface area contributed by atoms with Crippen LogP contribution in [0, 0.1) is 0 Å². The molecule has 0 aliphatic rings. The van der Waals surface area contributed by atoms with Crippen LogP contribution in [0.5, 0.6) is 0 Å². The molecule has 15 heavy (non-hydrogen) atoms. The first-order valence-corrected chi connectivity index (χ1v) is 4.72. The average molecular weight is 230 g/mol. The number of nitrogens with two attached hydrogens (primary N) is 1. The van der Waals surface area contributed by atoms with Gasteiger partial charge in [0.25, 0.3) is 0 Å². The lowest BCUT2D eigenvalue weighted by atomic mass is 10.1. The van der Waals surface area contributed by atoms with Gasteiger partial charge in [0.05, 0.1) is 30.3 Å². The molecule has 82 valence electrons. The minimum atomic E-state index is -0.496. The van der Waals surface area contributed by atoms with Crippen LogP contribution in [0.15, 0.2) is 18.2 Å². The Kier molecular flexibility index (Phi) is 4.08. The SMILES string of the molecule is COC(=O)c1ccc([C@@H](N)CO)cc1Cl. The molecular weight excluding hydrogens is 218 g/mol. The molecule has 0 heterocycles. The van der Waals surface area contributed by atoms with E-state index >= 15 is 0 Å². The molecule has 1 aromatic rings. The average Bonchev–Trinajstić information content (AvgIpc) is 2.26. The summed E-state index contributed by atoms with van der Waals surface area (Å²) < 4.78 is 4.54. The standard InChI is InChI=1S/C10H12ClNO3/c1-15-10(14)7-3-2-6(4-8(7)11)9(12)5-13/h2-4,9,13H,5,12H2,1H3/t9-/m0/s1. The highest BCUT2D eigenvalue weighted by atomic mass is 35.5. The van der Waals surface area contributed by atoms with E-state index in [9.17, 15) is 4.79 Å². The van der Waals surface area contributed by atoms with Crippen molar-refractivity contribution >= 4 is 17.6 Å². The van der Waals surface area contributed by atoms with Crippen LogP contribution in [0.4, 0.5) is 0 Å². The number of carbonyl (C=O) groups excluding carboxylic acids is 1. The van der Waals surface area contributed by atoms with Crippen LogP contribution in [-0.4, -0.2) is 24.8 Å². The van der Waals surface area contributed by atoms with Crippen LogP contribution in [0.2, 0.25) is 5.02 Å². The Morgan fingerprint density at radius 2 is 2.33 bits per heavy atom. The highest BCUT2D eigenvalue weighted by Gasteiger charge is 2.12. The molecule has 3 N–H and O–H groups in total. The van der Waals surface area contributed by atoms with Crippen molar-refractivity contribution in [1.29, 1.82) is 0 Å². The second-order valence-electron chi connectivity index (χ2n) is 3.02. The summed E-state index contributed by atoms with van der Waals surface area (Å²) in [5.41, 5.74) is 6.56. The van der Waals surface area contributed by atoms with E-state index in [-0.39, 0.29) is 17.2 Å². The Morgan fingerprint density at radius 3 is 2.80 bits per heavy atom. The molecule has 1 rings (SSSR count). The molecule has 0 fully saturated rings. The number of ether oxygens (including phenoxy) is 1. The monoisotopic (exact) mass is 229 g/mol. The minimum Gasteiger partial charge on any atom is -0.465 e. The zero-order chi connectivity index (χ0) is 11.4. The topological polar surface area (TPSA) is 72.5 Å². The first-order valence-electron chi connectivity index (χ1n) is 4.34. The molecule has 4 nitrogen and oxygen atoms in total. The lowest BCUT2D eigenvalue weighted by Crippen LogP contribution is -2.14. The molecule has 1 aromatic carbocycles.